The monoisotopic (exact) mass is 400 g/mol. The normalized spacial score (nSPS) is 11.9. The van der Waals surface area contributed by atoms with Gasteiger partial charge in [-0.15, -0.1) is 0 Å². The van der Waals surface area contributed by atoms with Crippen LogP contribution in [0.4, 0.5) is 18.9 Å². The molecule has 2 aromatic carbocycles. The number of carbonyl (C=O) groups excluding carboxylic acids is 1. The van der Waals surface area contributed by atoms with Crippen molar-refractivity contribution >= 4 is 21.6 Å². The molecule has 2 rings (SSSR count). The Bertz CT molecular complexity index is 910. The summed E-state index contributed by atoms with van der Waals surface area (Å²) >= 11 is 0. The first-order valence-corrected chi connectivity index (χ1v) is 9.89. The minimum Gasteiger partial charge on any atom is -0.348 e. The van der Waals surface area contributed by atoms with E-state index in [-0.39, 0.29) is 18.7 Å². The van der Waals surface area contributed by atoms with E-state index in [0.717, 1.165) is 18.4 Å². The van der Waals surface area contributed by atoms with E-state index in [2.05, 4.69) is 5.32 Å². The van der Waals surface area contributed by atoms with E-state index >= 15 is 0 Å². The second-order valence-corrected chi connectivity index (χ2v) is 7.76. The maximum Gasteiger partial charge on any atom is 0.416 e. The number of hydrogen-bond acceptors (Lipinski definition) is 3. The van der Waals surface area contributed by atoms with E-state index < -0.39 is 27.7 Å². The van der Waals surface area contributed by atoms with Gasteiger partial charge in [0.1, 0.15) is 0 Å². The number of amides is 1. The summed E-state index contributed by atoms with van der Waals surface area (Å²) in [7, 11) is -3.42. The fourth-order valence-corrected chi connectivity index (χ4v) is 3.50. The van der Waals surface area contributed by atoms with Crippen molar-refractivity contribution in [1.29, 1.82) is 0 Å². The van der Waals surface area contributed by atoms with Gasteiger partial charge < -0.3 is 5.32 Å². The molecular formula is C18H19F3N2O3S. The highest BCUT2D eigenvalue weighted by atomic mass is 32.2. The third-order valence-corrected chi connectivity index (χ3v) is 5.08. The predicted octanol–water partition coefficient (Wildman–Crippen LogP) is 3.42. The van der Waals surface area contributed by atoms with Crippen LogP contribution in [-0.2, 0) is 22.7 Å². The molecule has 9 heteroatoms. The molecule has 0 bridgehead atoms. The zero-order chi connectivity index (χ0) is 20.2. The molecule has 0 spiro atoms. The summed E-state index contributed by atoms with van der Waals surface area (Å²) in [6.07, 6.45) is -3.35. The second-order valence-electron chi connectivity index (χ2n) is 5.86. The lowest BCUT2D eigenvalue weighted by atomic mass is 10.1. The summed E-state index contributed by atoms with van der Waals surface area (Å²) < 4.78 is 62.7. The number of carbonyl (C=O) groups is 1. The van der Waals surface area contributed by atoms with E-state index in [1.165, 1.54) is 40.7 Å². The van der Waals surface area contributed by atoms with Crippen LogP contribution < -0.4 is 9.62 Å². The van der Waals surface area contributed by atoms with Gasteiger partial charge in [-0.1, -0.05) is 12.1 Å². The topological polar surface area (TPSA) is 66.5 Å². The van der Waals surface area contributed by atoms with Crippen LogP contribution in [0.25, 0.3) is 0 Å². The van der Waals surface area contributed by atoms with Crippen molar-refractivity contribution in [2.45, 2.75) is 19.6 Å². The molecule has 0 fully saturated rings. The summed E-state index contributed by atoms with van der Waals surface area (Å²) in [5.41, 5.74) is 0.243. The molecule has 2 aromatic rings. The molecule has 0 unspecified atom stereocenters. The van der Waals surface area contributed by atoms with Gasteiger partial charge in [0, 0.05) is 18.7 Å². The van der Waals surface area contributed by atoms with E-state index in [0.29, 0.717) is 11.3 Å². The van der Waals surface area contributed by atoms with Crippen LogP contribution in [-0.4, -0.2) is 27.1 Å². The zero-order valence-corrected chi connectivity index (χ0v) is 15.6. The molecule has 0 aliphatic carbocycles. The Labute approximate surface area is 155 Å². The van der Waals surface area contributed by atoms with E-state index in [1.807, 2.05) is 0 Å². The molecule has 27 heavy (non-hydrogen) atoms. The number of halogens is 3. The van der Waals surface area contributed by atoms with Crippen molar-refractivity contribution in [3.05, 3.63) is 65.2 Å². The van der Waals surface area contributed by atoms with Crippen molar-refractivity contribution in [3.63, 3.8) is 0 Å². The lowest BCUT2D eigenvalue weighted by molar-refractivity contribution is -0.137. The van der Waals surface area contributed by atoms with E-state index in [1.54, 1.807) is 6.92 Å². The Balaban J connectivity index is 2.07. The summed E-state index contributed by atoms with van der Waals surface area (Å²) in [5, 5.41) is 2.55. The lowest BCUT2D eigenvalue weighted by Crippen LogP contribution is -2.29. The first kappa shape index (κ1) is 20.8. The van der Waals surface area contributed by atoms with Gasteiger partial charge >= 0.3 is 6.18 Å². The number of benzene rings is 2. The number of nitrogens with zero attached hydrogens (tertiary/aromatic N) is 1. The Kier molecular flexibility index (Phi) is 6.15. The molecular weight excluding hydrogens is 381 g/mol. The molecule has 0 aliphatic rings. The molecule has 0 radical (unpaired) electrons. The maximum absolute atomic E-state index is 12.7. The predicted molar refractivity (Wildman–Crippen MR) is 96.9 cm³/mol. The average molecular weight is 400 g/mol. The summed E-state index contributed by atoms with van der Waals surface area (Å²) in [6, 6.07) is 10.6. The number of hydrogen-bond donors (Lipinski definition) is 1. The van der Waals surface area contributed by atoms with Gasteiger partial charge in [-0.25, -0.2) is 8.42 Å². The lowest BCUT2D eigenvalue weighted by Gasteiger charge is -2.20. The molecule has 0 aliphatic heterocycles. The molecule has 146 valence electrons. The molecule has 5 nitrogen and oxygen atoms in total. The number of anilines is 1. The Hall–Kier alpha value is -2.55. The fourth-order valence-electron chi connectivity index (χ4n) is 2.53. The van der Waals surface area contributed by atoms with Crippen LogP contribution >= 0.6 is 0 Å². The van der Waals surface area contributed by atoms with Gasteiger partial charge in [0.05, 0.1) is 17.5 Å². The minimum absolute atomic E-state index is 0.0606. The van der Waals surface area contributed by atoms with Crippen molar-refractivity contribution < 1.29 is 26.4 Å². The molecule has 0 saturated heterocycles. The van der Waals surface area contributed by atoms with Gasteiger partial charge in [0.25, 0.3) is 5.91 Å². The zero-order valence-electron chi connectivity index (χ0n) is 14.7. The van der Waals surface area contributed by atoms with Gasteiger partial charge in [0.15, 0.2) is 0 Å². The summed E-state index contributed by atoms with van der Waals surface area (Å²) in [4.78, 5) is 12.2. The summed E-state index contributed by atoms with van der Waals surface area (Å²) in [6.45, 7) is 1.88. The van der Waals surface area contributed by atoms with Crippen molar-refractivity contribution in [1.82, 2.24) is 5.32 Å². The van der Waals surface area contributed by atoms with E-state index in [4.69, 9.17) is 0 Å². The highest BCUT2D eigenvalue weighted by Crippen LogP contribution is 2.29. The highest BCUT2D eigenvalue weighted by Gasteiger charge is 2.30. The average Bonchev–Trinajstić information content (AvgIpc) is 2.59. The molecule has 1 amide bonds. The smallest absolute Gasteiger partial charge is 0.348 e. The third-order valence-electron chi connectivity index (χ3n) is 3.81. The quantitative estimate of drug-likeness (QED) is 0.808. The fraction of sp³-hybridized carbons (Fsp3) is 0.278. The maximum atomic E-state index is 12.7. The van der Waals surface area contributed by atoms with Crippen molar-refractivity contribution in [2.24, 2.45) is 0 Å². The number of rotatable bonds is 6. The molecule has 0 atom stereocenters. The molecule has 0 aromatic heterocycles. The van der Waals surface area contributed by atoms with Crippen LogP contribution in [0.1, 0.15) is 28.4 Å². The second kappa shape index (κ2) is 7.99. The highest BCUT2D eigenvalue weighted by molar-refractivity contribution is 7.92. The minimum atomic E-state index is -4.44. The number of alkyl halides is 3. The van der Waals surface area contributed by atoms with Crippen LogP contribution in [0.5, 0.6) is 0 Å². The standard InChI is InChI=1S/C18H19F3N2O3S/c1-3-23(27(2,25)26)16-9-7-14(8-10-16)17(24)22-12-13-5-4-6-15(11-13)18(19,20)21/h4-11H,3,12H2,1-2H3,(H,22,24). The van der Waals surface area contributed by atoms with Crippen molar-refractivity contribution in [2.75, 3.05) is 17.1 Å². The summed E-state index contributed by atoms with van der Waals surface area (Å²) in [5.74, 6) is -0.471. The van der Waals surface area contributed by atoms with Crippen LogP contribution in [0.15, 0.2) is 48.5 Å². The van der Waals surface area contributed by atoms with Crippen molar-refractivity contribution in [3.8, 4) is 0 Å². The SMILES string of the molecule is CCN(c1ccc(C(=O)NCc2cccc(C(F)(F)F)c2)cc1)S(C)(=O)=O. The third kappa shape index (κ3) is 5.46. The van der Waals surface area contributed by atoms with Gasteiger partial charge in [-0.05, 0) is 48.9 Å². The van der Waals surface area contributed by atoms with Gasteiger partial charge in [0.2, 0.25) is 10.0 Å². The van der Waals surface area contributed by atoms with Crippen LogP contribution in [0, 0.1) is 0 Å². The number of nitrogens with one attached hydrogen (secondary N) is 1. The molecule has 0 saturated carbocycles. The largest absolute Gasteiger partial charge is 0.416 e. The van der Waals surface area contributed by atoms with Crippen LogP contribution in [0.2, 0.25) is 0 Å². The van der Waals surface area contributed by atoms with Gasteiger partial charge in [-0.2, -0.15) is 13.2 Å². The van der Waals surface area contributed by atoms with E-state index in [9.17, 15) is 26.4 Å². The molecule has 1 N–H and O–H groups in total. The number of sulfonamides is 1. The van der Waals surface area contributed by atoms with Crippen LogP contribution in [0.3, 0.4) is 0 Å². The Morgan fingerprint density at radius 2 is 1.74 bits per heavy atom. The Morgan fingerprint density at radius 1 is 1.11 bits per heavy atom. The first-order chi connectivity index (χ1) is 12.5. The first-order valence-electron chi connectivity index (χ1n) is 8.04. The van der Waals surface area contributed by atoms with Gasteiger partial charge in [-0.3, -0.25) is 9.10 Å². The Morgan fingerprint density at radius 3 is 2.26 bits per heavy atom. The molecule has 0 heterocycles.